The molecule has 0 aliphatic heterocycles. The third-order valence-electron chi connectivity index (χ3n) is 2.29. The second-order valence-electron chi connectivity index (χ2n) is 3.06. The minimum Gasteiger partial charge on any atom is -0.418 e. The van der Waals surface area contributed by atoms with Gasteiger partial charge in [-0.15, -0.1) is 0 Å². The molecule has 0 saturated carbocycles. The first-order chi connectivity index (χ1) is 5.68. The van der Waals surface area contributed by atoms with E-state index in [2.05, 4.69) is 27.8 Å². The van der Waals surface area contributed by atoms with E-state index in [1.165, 1.54) is 24.1 Å². The minimum absolute atomic E-state index is 1.21. The molecule has 0 spiro atoms. The first-order valence-electron chi connectivity index (χ1n) is 4.39. The van der Waals surface area contributed by atoms with Crippen LogP contribution >= 0.6 is 0 Å². The molecule has 0 N–H and O–H groups in total. The van der Waals surface area contributed by atoms with Gasteiger partial charge in [0, 0.05) is 0 Å². The summed E-state index contributed by atoms with van der Waals surface area (Å²) >= 11 is 0. The number of hydrogen-bond acceptors (Lipinski definition) is 0. The molecule has 0 rings (SSSR count). The highest BCUT2D eigenvalue weighted by atomic mass is 19.5. The van der Waals surface area contributed by atoms with Crippen molar-refractivity contribution in [3.05, 3.63) is 0 Å². The predicted octanol–water partition coefficient (Wildman–Crippen LogP) is 2.79. The normalized spacial score (nSPS) is 12.0. The van der Waals surface area contributed by atoms with Crippen LogP contribution in [0, 0.1) is 0 Å². The van der Waals surface area contributed by atoms with E-state index in [0.717, 1.165) is 0 Å². The fourth-order valence-electron chi connectivity index (χ4n) is 0.671. The van der Waals surface area contributed by atoms with Gasteiger partial charge >= 0.3 is 7.25 Å². The molecule has 0 aromatic heterocycles. The smallest absolute Gasteiger partial charge is 0.418 e. The van der Waals surface area contributed by atoms with E-state index in [1.54, 1.807) is 0 Å². The summed E-state index contributed by atoms with van der Waals surface area (Å²) in [6, 6.07) is 0. The van der Waals surface area contributed by atoms with Gasteiger partial charge in [-0.25, -0.2) is 0 Å². The van der Waals surface area contributed by atoms with Crippen LogP contribution in [-0.4, -0.2) is 38.4 Å². The molecule has 0 radical (unpaired) electrons. The van der Waals surface area contributed by atoms with E-state index < -0.39 is 7.25 Å². The quantitative estimate of drug-likeness (QED) is 0.375. The van der Waals surface area contributed by atoms with Crippen LogP contribution in [0.5, 0.6) is 0 Å². The molecule has 13 heavy (non-hydrogen) atoms. The van der Waals surface area contributed by atoms with Crippen LogP contribution < -0.4 is 0 Å². The van der Waals surface area contributed by atoms with E-state index in [9.17, 15) is 17.3 Å². The first kappa shape index (κ1) is 15.2. The molecule has 0 heterocycles. The molecule has 82 valence electrons. The Balaban J connectivity index is 0. The Kier molecular flexibility index (Phi) is 7.31. The molecule has 0 atom stereocenters. The maximum absolute atomic E-state index is 9.75. The van der Waals surface area contributed by atoms with E-state index >= 15 is 0 Å². The fourth-order valence-corrected chi connectivity index (χ4v) is 0.671. The van der Waals surface area contributed by atoms with Crippen molar-refractivity contribution in [2.45, 2.75) is 20.8 Å². The zero-order valence-corrected chi connectivity index (χ0v) is 8.66. The standard InChI is InChI=1S/C7H18N.BF4/c1-5-8(4,6-2)7-3;2-1(3,4)5/h5-7H2,1-4H3;/q+1;-1. The predicted molar refractivity (Wildman–Crippen MR) is 48.0 cm³/mol. The molecule has 0 amide bonds. The Bertz CT molecular complexity index is 108. The van der Waals surface area contributed by atoms with Gasteiger partial charge in [0.25, 0.3) is 0 Å². The highest BCUT2D eigenvalue weighted by Crippen LogP contribution is 2.06. The van der Waals surface area contributed by atoms with Crippen LogP contribution in [0.25, 0.3) is 0 Å². The van der Waals surface area contributed by atoms with Crippen molar-refractivity contribution in [2.24, 2.45) is 0 Å². The van der Waals surface area contributed by atoms with Gasteiger partial charge in [-0.2, -0.15) is 0 Å². The summed E-state index contributed by atoms with van der Waals surface area (Å²) in [6.45, 7) is 10.5. The van der Waals surface area contributed by atoms with Crippen molar-refractivity contribution in [1.29, 1.82) is 0 Å². The molecule has 0 fully saturated rings. The molecule has 0 aromatic carbocycles. The monoisotopic (exact) mass is 203 g/mol. The molecule has 1 nitrogen and oxygen atoms in total. The van der Waals surface area contributed by atoms with E-state index in [1.807, 2.05) is 0 Å². The second kappa shape index (κ2) is 6.24. The summed E-state index contributed by atoms with van der Waals surface area (Å²) in [6.07, 6.45) is 0. The molecule has 0 unspecified atom stereocenters. The van der Waals surface area contributed by atoms with Gasteiger partial charge in [-0.3, -0.25) is 0 Å². The van der Waals surface area contributed by atoms with Crippen LogP contribution in [-0.2, 0) is 0 Å². The highest BCUT2D eigenvalue weighted by Gasteiger charge is 2.20. The lowest BCUT2D eigenvalue weighted by molar-refractivity contribution is -0.904. The van der Waals surface area contributed by atoms with Crippen molar-refractivity contribution >= 4 is 7.25 Å². The molecular formula is C7H18BF4N. The van der Waals surface area contributed by atoms with Crippen molar-refractivity contribution < 1.29 is 21.7 Å². The molecule has 0 aromatic rings. The third kappa shape index (κ3) is 14.6. The molecule has 0 aliphatic rings. The van der Waals surface area contributed by atoms with Gasteiger partial charge in [-0.05, 0) is 20.8 Å². The lowest BCUT2D eigenvalue weighted by Crippen LogP contribution is -2.42. The van der Waals surface area contributed by atoms with E-state index in [4.69, 9.17) is 0 Å². The van der Waals surface area contributed by atoms with Crippen LogP contribution in [0.1, 0.15) is 20.8 Å². The van der Waals surface area contributed by atoms with Gasteiger partial charge < -0.3 is 21.7 Å². The fraction of sp³-hybridized carbons (Fsp3) is 1.00. The third-order valence-corrected chi connectivity index (χ3v) is 2.29. The zero-order valence-electron chi connectivity index (χ0n) is 8.66. The Labute approximate surface area is 77.4 Å². The van der Waals surface area contributed by atoms with Crippen molar-refractivity contribution in [3.8, 4) is 0 Å². The molecule has 6 heteroatoms. The summed E-state index contributed by atoms with van der Waals surface area (Å²) in [7, 11) is -3.71. The van der Waals surface area contributed by atoms with Crippen LogP contribution in [0.3, 0.4) is 0 Å². The van der Waals surface area contributed by atoms with E-state index in [0.29, 0.717) is 0 Å². The van der Waals surface area contributed by atoms with Crippen LogP contribution in [0.15, 0.2) is 0 Å². The Hall–Kier alpha value is -0.255. The Morgan fingerprint density at radius 3 is 1.00 bits per heavy atom. The summed E-state index contributed by atoms with van der Waals surface area (Å²) in [4.78, 5) is 0. The summed E-state index contributed by atoms with van der Waals surface area (Å²) in [5.74, 6) is 0. The van der Waals surface area contributed by atoms with Gasteiger partial charge in [0.05, 0.1) is 26.7 Å². The van der Waals surface area contributed by atoms with Gasteiger partial charge in [0.1, 0.15) is 0 Å². The SMILES string of the molecule is CC[N+](C)(CC)CC.F[B-](F)(F)F. The number of nitrogens with zero attached hydrogens (tertiary/aromatic N) is 1. The minimum atomic E-state index is -6.00. The summed E-state index contributed by atoms with van der Waals surface area (Å²) in [5.41, 5.74) is 0. The second-order valence-corrected chi connectivity index (χ2v) is 3.06. The topological polar surface area (TPSA) is 0 Å². The lowest BCUT2D eigenvalue weighted by atomic mass is 10.3. The van der Waals surface area contributed by atoms with Gasteiger partial charge in [-0.1, -0.05) is 0 Å². The van der Waals surface area contributed by atoms with Gasteiger partial charge in [0.2, 0.25) is 0 Å². The Morgan fingerprint density at radius 1 is 0.846 bits per heavy atom. The van der Waals surface area contributed by atoms with Crippen LogP contribution in [0.4, 0.5) is 17.3 Å². The Morgan fingerprint density at radius 2 is 1.00 bits per heavy atom. The molecule has 0 saturated heterocycles. The number of halogens is 4. The average Bonchev–Trinajstić information content (AvgIpc) is 2.00. The summed E-state index contributed by atoms with van der Waals surface area (Å²) < 4.78 is 40.2. The van der Waals surface area contributed by atoms with Crippen molar-refractivity contribution in [2.75, 3.05) is 26.7 Å². The number of hydrogen-bond donors (Lipinski definition) is 0. The maximum atomic E-state index is 9.75. The molecular weight excluding hydrogens is 185 g/mol. The maximum Gasteiger partial charge on any atom is 0.673 e. The first-order valence-corrected chi connectivity index (χ1v) is 4.39. The van der Waals surface area contributed by atoms with Crippen LogP contribution in [0.2, 0.25) is 0 Å². The molecule has 0 aliphatic carbocycles. The zero-order chi connectivity index (χ0) is 11.1. The van der Waals surface area contributed by atoms with E-state index in [-0.39, 0.29) is 0 Å². The summed E-state index contributed by atoms with van der Waals surface area (Å²) in [5, 5.41) is 0. The van der Waals surface area contributed by atoms with Gasteiger partial charge in [0.15, 0.2) is 0 Å². The van der Waals surface area contributed by atoms with Crippen molar-refractivity contribution in [3.63, 3.8) is 0 Å². The highest BCUT2D eigenvalue weighted by molar-refractivity contribution is 6.50. The largest absolute Gasteiger partial charge is 0.673 e. The number of quaternary nitrogens is 1. The lowest BCUT2D eigenvalue weighted by Gasteiger charge is -2.30. The number of rotatable bonds is 3. The molecule has 0 bridgehead atoms. The average molecular weight is 203 g/mol. The van der Waals surface area contributed by atoms with Crippen molar-refractivity contribution in [1.82, 2.24) is 0 Å².